The summed E-state index contributed by atoms with van der Waals surface area (Å²) in [6, 6.07) is 17.0. The van der Waals surface area contributed by atoms with E-state index in [1.165, 1.54) is 56.5 Å². The molecule has 0 aliphatic rings. The highest BCUT2D eigenvalue weighted by Gasteiger charge is 2.22. The standard InChI is InChI=1S/C25H19ClIN3O6S/c1-15(31)29-19-6-8-21(9-7-19)37(33,34)36-24-22(26)11-16(12-23(24)35-2)10-17(14-28)25(32)30-20-5-3-4-18(27)13-20/h3-13H,1-2H3,(H,29,31)(H,30,32)/b17-10+. The molecular formula is C25H19ClIN3O6S. The normalized spacial score (nSPS) is 11.3. The second kappa shape index (κ2) is 12.1. The van der Waals surface area contributed by atoms with Gasteiger partial charge in [-0.25, -0.2) is 0 Å². The van der Waals surface area contributed by atoms with Crippen LogP contribution in [0.4, 0.5) is 11.4 Å². The van der Waals surface area contributed by atoms with Gasteiger partial charge in [-0.05, 0) is 88.8 Å². The van der Waals surface area contributed by atoms with Crippen LogP contribution in [0.3, 0.4) is 0 Å². The molecule has 0 saturated carbocycles. The Bertz CT molecular complexity index is 1530. The van der Waals surface area contributed by atoms with Crippen molar-refractivity contribution in [2.24, 2.45) is 0 Å². The molecule has 0 aromatic heterocycles. The Morgan fingerprint density at radius 3 is 2.35 bits per heavy atom. The molecule has 2 amide bonds. The van der Waals surface area contributed by atoms with Crippen LogP contribution in [0.2, 0.25) is 5.02 Å². The fraction of sp³-hybridized carbons (Fsp3) is 0.0800. The van der Waals surface area contributed by atoms with Crippen molar-refractivity contribution < 1.29 is 26.9 Å². The maximum Gasteiger partial charge on any atom is 0.339 e. The van der Waals surface area contributed by atoms with Gasteiger partial charge in [0.05, 0.1) is 12.1 Å². The average Bonchev–Trinajstić information content (AvgIpc) is 2.83. The van der Waals surface area contributed by atoms with E-state index < -0.39 is 16.0 Å². The van der Waals surface area contributed by atoms with Gasteiger partial charge in [-0.15, -0.1) is 0 Å². The van der Waals surface area contributed by atoms with Gasteiger partial charge in [-0.1, -0.05) is 17.7 Å². The highest BCUT2D eigenvalue weighted by molar-refractivity contribution is 14.1. The zero-order valence-electron chi connectivity index (χ0n) is 19.4. The summed E-state index contributed by atoms with van der Waals surface area (Å²) in [6.07, 6.45) is 1.29. The fourth-order valence-electron chi connectivity index (χ4n) is 3.05. The zero-order valence-corrected chi connectivity index (χ0v) is 23.1. The lowest BCUT2D eigenvalue weighted by atomic mass is 10.1. The fourth-order valence-corrected chi connectivity index (χ4v) is 4.85. The lowest BCUT2D eigenvalue weighted by molar-refractivity contribution is -0.114. The number of hydrogen-bond donors (Lipinski definition) is 2. The Kier molecular flexibility index (Phi) is 9.14. The second-order valence-corrected chi connectivity index (χ2v) is 10.6. The zero-order chi connectivity index (χ0) is 27.2. The molecule has 3 rings (SSSR count). The van der Waals surface area contributed by atoms with E-state index in [-0.39, 0.29) is 32.9 Å². The van der Waals surface area contributed by atoms with Gasteiger partial charge < -0.3 is 19.6 Å². The Balaban J connectivity index is 1.87. The van der Waals surface area contributed by atoms with Gasteiger partial charge >= 0.3 is 10.1 Å². The van der Waals surface area contributed by atoms with Crippen LogP contribution in [-0.4, -0.2) is 27.3 Å². The minimum absolute atomic E-state index is 0.0347. The number of carbonyl (C=O) groups is 2. The molecule has 0 aliphatic heterocycles. The summed E-state index contributed by atoms with van der Waals surface area (Å²) < 4.78 is 37.1. The van der Waals surface area contributed by atoms with Crippen LogP contribution in [0.25, 0.3) is 6.08 Å². The Morgan fingerprint density at radius 2 is 1.76 bits per heavy atom. The minimum Gasteiger partial charge on any atom is -0.493 e. The molecule has 190 valence electrons. The number of benzene rings is 3. The number of nitrogens with one attached hydrogen (secondary N) is 2. The molecular weight excluding hydrogens is 633 g/mol. The number of methoxy groups -OCH3 is 1. The van der Waals surface area contributed by atoms with E-state index in [2.05, 4.69) is 33.2 Å². The van der Waals surface area contributed by atoms with Gasteiger partial charge in [0, 0.05) is 21.9 Å². The first kappa shape index (κ1) is 28.0. The number of hydrogen-bond acceptors (Lipinski definition) is 7. The minimum atomic E-state index is -4.32. The summed E-state index contributed by atoms with van der Waals surface area (Å²) in [4.78, 5) is 23.6. The maximum absolute atomic E-state index is 12.8. The van der Waals surface area contributed by atoms with Crippen molar-refractivity contribution in [3.63, 3.8) is 0 Å². The predicted molar refractivity (Wildman–Crippen MR) is 148 cm³/mol. The Labute approximate surface area is 232 Å². The molecule has 0 heterocycles. The third-order valence-corrected chi connectivity index (χ3v) is 6.85. The van der Waals surface area contributed by atoms with Crippen molar-refractivity contribution in [2.75, 3.05) is 17.7 Å². The van der Waals surface area contributed by atoms with Gasteiger partial charge in [0.15, 0.2) is 5.75 Å². The number of nitriles is 1. The van der Waals surface area contributed by atoms with Crippen LogP contribution < -0.4 is 19.6 Å². The number of anilines is 2. The van der Waals surface area contributed by atoms with Crippen molar-refractivity contribution in [3.05, 3.63) is 80.4 Å². The lowest BCUT2D eigenvalue weighted by Crippen LogP contribution is -2.13. The van der Waals surface area contributed by atoms with E-state index in [4.69, 9.17) is 20.5 Å². The average molecular weight is 652 g/mol. The molecule has 0 aliphatic carbocycles. The second-order valence-electron chi connectivity index (χ2n) is 7.41. The van der Waals surface area contributed by atoms with Gasteiger partial charge in [0.2, 0.25) is 11.7 Å². The Morgan fingerprint density at radius 1 is 1.05 bits per heavy atom. The van der Waals surface area contributed by atoms with Crippen LogP contribution in [0.1, 0.15) is 12.5 Å². The van der Waals surface area contributed by atoms with Crippen LogP contribution >= 0.6 is 34.2 Å². The topological polar surface area (TPSA) is 135 Å². The molecule has 0 radical (unpaired) electrons. The van der Waals surface area contributed by atoms with E-state index in [1.807, 2.05) is 12.1 Å². The van der Waals surface area contributed by atoms with Crippen LogP contribution in [0.5, 0.6) is 11.5 Å². The molecule has 3 aromatic carbocycles. The predicted octanol–water partition coefficient (Wildman–Crippen LogP) is 5.22. The maximum atomic E-state index is 12.8. The SMILES string of the molecule is COc1cc(/C=C(\C#N)C(=O)Nc2cccc(I)c2)cc(Cl)c1OS(=O)(=O)c1ccc(NC(C)=O)cc1. The van der Waals surface area contributed by atoms with Crippen molar-refractivity contribution in [3.8, 4) is 17.6 Å². The molecule has 0 saturated heterocycles. The molecule has 0 fully saturated rings. The summed E-state index contributed by atoms with van der Waals surface area (Å²) in [6.45, 7) is 1.33. The van der Waals surface area contributed by atoms with Crippen LogP contribution in [-0.2, 0) is 19.7 Å². The summed E-state index contributed by atoms with van der Waals surface area (Å²) in [7, 11) is -3.03. The molecule has 0 atom stereocenters. The quantitative estimate of drug-likeness (QED) is 0.148. The van der Waals surface area contributed by atoms with Crippen molar-refractivity contribution >= 4 is 73.6 Å². The van der Waals surface area contributed by atoms with Crippen LogP contribution in [0, 0.1) is 14.9 Å². The summed E-state index contributed by atoms with van der Waals surface area (Å²) >= 11 is 8.41. The first-order chi connectivity index (χ1) is 17.5. The highest BCUT2D eigenvalue weighted by atomic mass is 127. The summed E-state index contributed by atoms with van der Waals surface area (Å²) in [5.74, 6) is -1.24. The highest BCUT2D eigenvalue weighted by Crippen LogP contribution is 2.39. The molecule has 37 heavy (non-hydrogen) atoms. The molecule has 0 unspecified atom stereocenters. The number of ether oxygens (including phenoxy) is 1. The number of halogens is 2. The largest absolute Gasteiger partial charge is 0.493 e. The van der Waals surface area contributed by atoms with Gasteiger partial charge in [0.1, 0.15) is 16.5 Å². The molecule has 12 heteroatoms. The smallest absolute Gasteiger partial charge is 0.339 e. The van der Waals surface area contributed by atoms with Gasteiger partial charge in [0.25, 0.3) is 5.91 Å². The third kappa shape index (κ3) is 7.45. The first-order valence-electron chi connectivity index (χ1n) is 10.4. The molecule has 9 nitrogen and oxygen atoms in total. The van der Waals surface area contributed by atoms with E-state index in [9.17, 15) is 23.3 Å². The van der Waals surface area contributed by atoms with E-state index in [0.717, 1.165) is 3.57 Å². The van der Waals surface area contributed by atoms with E-state index in [0.29, 0.717) is 16.9 Å². The van der Waals surface area contributed by atoms with Crippen molar-refractivity contribution in [1.29, 1.82) is 5.26 Å². The Hall–Kier alpha value is -3.60. The van der Waals surface area contributed by atoms with Gasteiger partial charge in [-0.2, -0.15) is 13.7 Å². The third-order valence-electron chi connectivity index (χ3n) is 4.67. The van der Waals surface area contributed by atoms with E-state index >= 15 is 0 Å². The summed E-state index contributed by atoms with van der Waals surface area (Å²) in [5.41, 5.74) is 1.03. The van der Waals surface area contributed by atoms with Gasteiger partial charge in [-0.3, -0.25) is 9.59 Å². The molecule has 0 bridgehead atoms. The first-order valence-corrected chi connectivity index (χ1v) is 13.3. The van der Waals surface area contributed by atoms with Crippen molar-refractivity contribution in [1.82, 2.24) is 0 Å². The molecule has 0 spiro atoms. The number of rotatable bonds is 8. The number of carbonyl (C=O) groups excluding carboxylic acids is 2. The summed E-state index contributed by atoms with van der Waals surface area (Å²) in [5, 5.41) is 14.6. The number of amides is 2. The van der Waals surface area contributed by atoms with Crippen LogP contribution in [0.15, 0.2) is 71.1 Å². The molecule has 3 aromatic rings. The molecule has 2 N–H and O–H groups in total. The van der Waals surface area contributed by atoms with E-state index in [1.54, 1.807) is 18.2 Å². The lowest BCUT2D eigenvalue weighted by Gasteiger charge is -2.14. The van der Waals surface area contributed by atoms with Crippen molar-refractivity contribution in [2.45, 2.75) is 11.8 Å². The number of nitrogens with zero attached hydrogens (tertiary/aromatic N) is 1. The monoisotopic (exact) mass is 651 g/mol.